The van der Waals surface area contributed by atoms with Gasteiger partial charge >= 0.3 is 6.03 Å². The van der Waals surface area contributed by atoms with Crippen LogP contribution in [0.5, 0.6) is 5.75 Å². The first-order valence-corrected chi connectivity index (χ1v) is 8.93. The standard InChI is InChI=1S/C19H21ClFN3O2/c1-2-26-18-13-15(21)6-7-17(18)22-19(25)24-10-8-23(9-11-24)16-5-3-4-14(20)12-16/h3-7,12-13H,2,8-11H2,1H3,(H,22,25). The van der Waals surface area contributed by atoms with Crippen LogP contribution in [0.25, 0.3) is 0 Å². The van der Waals surface area contributed by atoms with Gasteiger partial charge in [-0.3, -0.25) is 0 Å². The van der Waals surface area contributed by atoms with Crippen LogP contribution in [0.1, 0.15) is 6.92 Å². The van der Waals surface area contributed by atoms with Gasteiger partial charge in [0.15, 0.2) is 0 Å². The molecule has 2 amide bonds. The molecule has 1 fully saturated rings. The van der Waals surface area contributed by atoms with Crippen molar-refractivity contribution in [2.75, 3.05) is 43.0 Å². The summed E-state index contributed by atoms with van der Waals surface area (Å²) in [4.78, 5) is 16.5. The Labute approximate surface area is 157 Å². The molecule has 7 heteroatoms. The summed E-state index contributed by atoms with van der Waals surface area (Å²) in [5.74, 6) is -0.0694. The number of nitrogens with one attached hydrogen (secondary N) is 1. The zero-order valence-corrected chi connectivity index (χ0v) is 15.3. The van der Waals surface area contributed by atoms with Crippen LogP contribution in [-0.2, 0) is 0 Å². The van der Waals surface area contributed by atoms with E-state index in [1.54, 1.807) is 4.90 Å². The van der Waals surface area contributed by atoms with Crippen LogP contribution in [0.15, 0.2) is 42.5 Å². The first-order chi connectivity index (χ1) is 12.6. The Kier molecular flexibility index (Phi) is 5.83. The van der Waals surface area contributed by atoms with Crippen molar-refractivity contribution in [2.45, 2.75) is 6.92 Å². The van der Waals surface area contributed by atoms with Gasteiger partial charge in [0.2, 0.25) is 0 Å². The molecule has 0 atom stereocenters. The van der Waals surface area contributed by atoms with Crippen molar-refractivity contribution in [3.05, 3.63) is 53.3 Å². The van der Waals surface area contributed by atoms with Crippen molar-refractivity contribution in [3.8, 4) is 5.75 Å². The summed E-state index contributed by atoms with van der Waals surface area (Å²) in [5, 5.41) is 3.51. The van der Waals surface area contributed by atoms with Gasteiger partial charge in [-0.1, -0.05) is 17.7 Å². The third kappa shape index (κ3) is 4.38. The Bertz CT molecular complexity index is 779. The third-order valence-corrected chi connectivity index (χ3v) is 4.46. The van der Waals surface area contributed by atoms with Gasteiger partial charge in [0.25, 0.3) is 0 Å². The number of anilines is 2. The molecule has 1 aliphatic heterocycles. The Hall–Kier alpha value is -2.47. The lowest BCUT2D eigenvalue weighted by atomic mass is 10.2. The number of urea groups is 1. The van der Waals surface area contributed by atoms with Gasteiger partial charge in [-0.2, -0.15) is 0 Å². The van der Waals surface area contributed by atoms with Crippen LogP contribution in [0.4, 0.5) is 20.6 Å². The maximum absolute atomic E-state index is 13.4. The van der Waals surface area contributed by atoms with Crippen LogP contribution in [0.3, 0.4) is 0 Å². The summed E-state index contributed by atoms with van der Waals surface area (Å²) in [6.45, 7) is 4.81. The lowest BCUT2D eigenvalue weighted by Gasteiger charge is -2.36. The predicted octanol–water partition coefficient (Wildman–Crippen LogP) is 4.23. The highest BCUT2D eigenvalue weighted by atomic mass is 35.5. The lowest BCUT2D eigenvalue weighted by Crippen LogP contribution is -2.50. The van der Waals surface area contributed by atoms with E-state index in [-0.39, 0.29) is 6.03 Å². The van der Waals surface area contributed by atoms with Crippen LogP contribution >= 0.6 is 11.6 Å². The number of ether oxygens (including phenoxy) is 1. The number of benzene rings is 2. The molecule has 1 saturated heterocycles. The molecule has 3 rings (SSSR count). The molecule has 0 aromatic heterocycles. The normalized spacial score (nSPS) is 14.3. The zero-order chi connectivity index (χ0) is 18.5. The monoisotopic (exact) mass is 377 g/mol. The Balaban J connectivity index is 1.60. The SMILES string of the molecule is CCOc1cc(F)ccc1NC(=O)N1CCN(c2cccc(Cl)c2)CC1. The van der Waals surface area contributed by atoms with Crippen LogP contribution in [-0.4, -0.2) is 43.7 Å². The van der Waals surface area contributed by atoms with Crippen molar-refractivity contribution in [2.24, 2.45) is 0 Å². The first-order valence-electron chi connectivity index (χ1n) is 8.55. The highest BCUT2D eigenvalue weighted by Crippen LogP contribution is 2.26. The van der Waals surface area contributed by atoms with Crippen LogP contribution in [0, 0.1) is 5.82 Å². The minimum Gasteiger partial charge on any atom is -0.492 e. The Morgan fingerprint density at radius 1 is 1.19 bits per heavy atom. The van der Waals surface area contributed by atoms with E-state index < -0.39 is 5.82 Å². The molecule has 2 aromatic rings. The summed E-state index contributed by atoms with van der Waals surface area (Å²) in [6.07, 6.45) is 0. The second-order valence-electron chi connectivity index (χ2n) is 5.96. The second kappa shape index (κ2) is 8.27. The molecule has 0 spiro atoms. The molecule has 5 nitrogen and oxygen atoms in total. The number of halogens is 2. The van der Waals surface area contributed by atoms with Gasteiger partial charge < -0.3 is 19.9 Å². The number of carbonyl (C=O) groups excluding carboxylic acids is 1. The Morgan fingerprint density at radius 2 is 1.96 bits per heavy atom. The van der Waals surface area contributed by atoms with E-state index in [4.69, 9.17) is 16.3 Å². The minimum absolute atomic E-state index is 0.219. The van der Waals surface area contributed by atoms with Gasteiger partial charge in [0.05, 0.1) is 12.3 Å². The molecule has 2 aromatic carbocycles. The predicted molar refractivity (Wildman–Crippen MR) is 102 cm³/mol. The molecule has 26 heavy (non-hydrogen) atoms. The molecule has 0 saturated carbocycles. The summed E-state index contributed by atoms with van der Waals surface area (Å²) >= 11 is 6.05. The van der Waals surface area contributed by atoms with Crippen molar-refractivity contribution < 1.29 is 13.9 Å². The summed E-state index contributed by atoms with van der Waals surface area (Å²) in [7, 11) is 0. The molecule has 1 aliphatic rings. The summed E-state index contributed by atoms with van der Waals surface area (Å²) < 4.78 is 18.8. The molecular weight excluding hydrogens is 357 g/mol. The first kappa shape index (κ1) is 18.3. The summed E-state index contributed by atoms with van der Waals surface area (Å²) in [5.41, 5.74) is 1.52. The van der Waals surface area contributed by atoms with E-state index in [1.807, 2.05) is 31.2 Å². The largest absolute Gasteiger partial charge is 0.492 e. The smallest absolute Gasteiger partial charge is 0.322 e. The summed E-state index contributed by atoms with van der Waals surface area (Å²) in [6, 6.07) is 11.6. The van der Waals surface area contributed by atoms with Crippen molar-refractivity contribution >= 4 is 29.0 Å². The van der Waals surface area contributed by atoms with Gasteiger partial charge in [0, 0.05) is 43.0 Å². The Morgan fingerprint density at radius 3 is 2.65 bits per heavy atom. The van der Waals surface area contributed by atoms with Crippen molar-refractivity contribution in [1.82, 2.24) is 4.90 Å². The zero-order valence-electron chi connectivity index (χ0n) is 14.5. The fourth-order valence-electron chi connectivity index (χ4n) is 2.91. The van der Waals surface area contributed by atoms with Crippen LogP contribution < -0.4 is 15.0 Å². The quantitative estimate of drug-likeness (QED) is 0.867. The highest BCUT2D eigenvalue weighted by molar-refractivity contribution is 6.30. The van der Waals surface area contributed by atoms with Gasteiger partial charge in [-0.05, 0) is 37.3 Å². The van der Waals surface area contributed by atoms with Gasteiger partial charge in [0.1, 0.15) is 11.6 Å². The molecule has 138 valence electrons. The number of hydrogen-bond donors (Lipinski definition) is 1. The van der Waals surface area contributed by atoms with E-state index in [1.165, 1.54) is 18.2 Å². The number of hydrogen-bond acceptors (Lipinski definition) is 3. The van der Waals surface area contributed by atoms with Gasteiger partial charge in [-0.15, -0.1) is 0 Å². The number of rotatable bonds is 4. The fraction of sp³-hybridized carbons (Fsp3) is 0.316. The molecule has 0 bridgehead atoms. The minimum atomic E-state index is -0.401. The molecule has 1 N–H and O–H groups in total. The number of nitrogens with zero attached hydrogens (tertiary/aromatic N) is 2. The number of carbonyl (C=O) groups is 1. The topological polar surface area (TPSA) is 44.8 Å². The fourth-order valence-corrected chi connectivity index (χ4v) is 3.09. The van der Waals surface area contributed by atoms with E-state index in [2.05, 4.69) is 10.2 Å². The highest BCUT2D eigenvalue weighted by Gasteiger charge is 2.22. The van der Waals surface area contributed by atoms with Crippen LogP contribution in [0.2, 0.25) is 5.02 Å². The molecular formula is C19H21ClFN3O2. The van der Waals surface area contributed by atoms with E-state index in [0.29, 0.717) is 36.2 Å². The average molecular weight is 378 g/mol. The van der Waals surface area contributed by atoms with Crippen molar-refractivity contribution in [1.29, 1.82) is 0 Å². The second-order valence-corrected chi connectivity index (χ2v) is 6.39. The van der Waals surface area contributed by atoms with Crippen molar-refractivity contribution in [3.63, 3.8) is 0 Å². The molecule has 1 heterocycles. The average Bonchev–Trinajstić information content (AvgIpc) is 2.64. The van der Waals surface area contributed by atoms with Gasteiger partial charge in [-0.25, -0.2) is 9.18 Å². The number of piperazine rings is 1. The van der Waals surface area contributed by atoms with E-state index in [9.17, 15) is 9.18 Å². The molecule has 0 radical (unpaired) electrons. The molecule has 0 unspecified atom stereocenters. The van der Waals surface area contributed by atoms with E-state index >= 15 is 0 Å². The third-order valence-electron chi connectivity index (χ3n) is 4.23. The maximum Gasteiger partial charge on any atom is 0.322 e. The molecule has 0 aliphatic carbocycles. The number of amides is 2. The lowest BCUT2D eigenvalue weighted by molar-refractivity contribution is 0.208. The van der Waals surface area contributed by atoms with E-state index in [0.717, 1.165) is 18.8 Å². The maximum atomic E-state index is 13.4.